The number of hydrogen-bond acceptors (Lipinski definition) is 4. The molecule has 1 aliphatic heterocycles. The number of aryl methyl sites for hydroxylation is 1. The summed E-state index contributed by atoms with van der Waals surface area (Å²) in [6.07, 6.45) is 1.96. The number of amides is 1. The molecule has 0 aliphatic carbocycles. The van der Waals surface area contributed by atoms with Gasteiger partial charge in [-0.15, -0.1) is 0 Å². The van der Waals surface area contributed by atoms with E-state index in [4.69, 9.17) is 0 Å². The maximum atomic E-state index is 13.3. The molecule has 30 heavy (non-hydrogen) atoms. The second kappa shape index (κ2) is 7.36. The van der Waals surface area contributed by atoms with E-state index in [2.05, 4.69) is 10.4 Å². The van der Waals surface area contributed by atoms with Crippen molar-refractivity contribution in [3.8, 4) is 16.9 Å². The van der Waals surface area contributed by atoms with Gasteiger partial charge in [-0.1, -0.05) is 23.8 Å². The van der Waals surface area contributed by atoms with Crippen molar-refractivity contribution in [2.24, 2.45) is 0 Å². The molecule has 4 rings (SSSR count). The van der Waals surface area contributed by atoms with Crippen LogP contribution >= 0.6 is 0 Å². The van der Waals surface area contributed by atoms with Gasteiger partial charge in [0.15, 0.2) is 9.84 Å². The van der Waals surface area contributed by atoms with E-state index >= 15 is 0 Å². The number of nitrogens with one attached hydrogen (secondary N) is 1. The molecule has 1 N–H and O–H groups in total. The van der Waals surface area contributed by atoms with Crippen molar-refractivity contribution in [2.75, 3.05) is 11.5 Å². The van der Waals surface area contributed by atoms with Gasteiger partial charge in [-0.3, -0.25) is 4.79 Å². The van der Waals surface area contributed by atoms with E-state index in [9.17, 15) is 17.6 Å². The standard InChI is InChI=1S/C22H22FN3O3S/c1-15-4-3-5-16(12-15)20-19(13-26(25-20)18-8-6-17(23)7-9-18)21(27)24-22(2)10-11-30(28,29)14-22/h3-9,12-13H,10-11,14H2,1-2H3,(H,24,27). The molecule has 1 unspecified atom stereocenters. The maximum absolute atomic E-state index is 13.3. The third-order valence-electron chi connectivity index (χ3n) is 5.26. The van der Waals surface area contributed by atoms with E-state index in [0.717, 1.165) is 11.1 Å². The van der Waals surface area contributed by atoms with E-state index in [1.807, 2.05) is 31.2 Å². The van der Waals surface area contributed by atoms with Crippen LogP contribution in [0, 0.1) is 12.7 Å². The molecule has 156 valence electrons. The minimum absolute atomic E-state index is 0.0589. The molecule has 2 aromatic carbocycles. The number of rotatable bonds is 4. The quantitative estimate of drug-likeness (QED) is 0.693. The van der Waals surface area contributed by atoms with Crippen molar-refractivity contribution in [3.63, 3.8) is 0 Å². The highest BCUT2D eigenvalue weighted by Crippen LogP contribution is 2.27. The summed E-state index contributed by atoms with van der Waals surface area (Å²) >= 11 is 0. The van der Waals surface area contributed by atoms with Gasteiger partial charge in [0.25, 0.3) is 5.91 Å². The van der Waals surface area contributed by atoms with Crippen LogP contribution in [-0.2, 0) is 9.84 Å². The van der Waals surface area contributed by atoms with Gasteiger partial charge in [0.1, 0.15) is 11.5 Å². The summed E-state index contributed by atoms with van der Waals surface area (Å²) in [4.78, 5) is 13.2. The zero-order chi connectivity index (χ0) is 21.5. The first kappa shape index (κ1) is 20.3. The Morgan fingerprint density at radius 3 is 2.57 bits per heavy atom. The molecule has 1 aromatic heterocycles. The molecule has 6 nitrogen and oxygen atoms in total. The summed E-state index contributed by atoms with van der Waals surface area (Å²) in [5.74, 6) is -0.779. The SMILES string of the molecule is Cc1cccc(-c2nn(-c3ccc(F)cc3)cc2C(=O)NC2(C)CCS(=O)(=O)C2)c1. The second-order valence-electron chi connectivity index (χ2n) is 8.04. The number of halogens is 1. The van der Waals surface area contributed by atoms with Gasteiger partial charge in [0.05, 0.1) is 28.3 Å². The van der Waals surface area contributed by atoms with Gasteiger partial charge in [-0.2, -0.15) is 5.10 Å². The van der Waals surface area contributed by atoms with Crippen LogP contribution in [0.3, 0.4) is 0 Å². The Balaban J connectivity index is 1.75. The zero-order valence-electron chi connectivity index (χ0n) is 16.7. The number of aromatic nitrogens is 2. The zero-order valence-corrected chi connectivity index (χ0v) is 17.5. The number of nitrogens with zero attached hydrogens (tertiary/aromatic N) is 2. The van der Waals surface area contributed by atoms with E-state index in [1.54, 1.807) is 25.3 Å². The van der Waals surface area contributed by atoms with Gasteiger partial charge in [0, 0.05) is 11.8 Å². The lowest BCUT2D eigenvalue weighted by atomic mass is 10.0. The molecule has 1 atom stereocenters. The number of carbonyl (C=O) groups excluding carboxylic acids is 1. The van der Waals surface area contributed by atoms with Crippen LogP contribution in [0.25, 0.3) is 16.9 Å². The number of carbonyl (C=O) groups is 1. The minimum atomic E-state index is -3.16. The monoisotopic (exact) mass is 427 g/mol. The van der Waals surface area contributed by atoms with Gasteiger partial charge < -0.3 is 5.32 Å². The lowest BCUT2D eigenvalue weighted by Gasteiger charge is -2.23. The molecule has 0 spiro atoms. The summed E-state index contributed by atoms with van der Waals surface area (Å²) < 4.78 is 38.7. The smallest absolute Gasteiger partial charge is 0.255 e. The van der Waals surface area contributed by atoms with E-state index in [-0.39, 0.29) is 23.2 Å². The topological polar surface area (TPSA) is 81.1 Å². The molecule has 0 saturated carbocycles. The van der Waals surface area contributed by atoms with Gasteiger partial charge in [-0.25, -0.2) is 17.5 Å². The predicted molar refractivity (Wildman–Crippen MR) is 113 cm³/mol. The predicted octanol–water partition coefficient (Wildman–Crippen LogP) is 3.29. The van der Waals surface area contributed by atoms with Crippen LogP contribution in [0.4, 0.5) is 4.39 Å². The normalized spacial score (nSPS) is 20.2. The Hall–Kier alpha value is -3.00. The molecule has 1 amide bonds. The van der Waals surface area contributed by atoms with Crippen LogP contribution in [-0.4, -0.2) is 41.2 Å². The van der Waals surface area contributed by atoms with Gasteiger partial charge in [0.2, 0.25) is 0 Å². The maximum Gasteiger partial charge on any atom is 0.255 e. The van der Waals surface area contributed by atoms with Crippen molar-refractivity contribution in [1.29, 1.82) is 0 Å². The lowest BCUT2D eigenvalue weighted by molar-refractivity contribution is 0.0916. The van der Waals surface area contributed by atoms with Crippen LogP contribution in [0.15, 0.2) is 54.7 Å². The van der Waals surface area contributed by atoms with Gasteiger partial charge >= 0.3 is 0 Å². The van der Waals surface area contributed by atoms with Crippen LogP contribution in [0.1, 0.15) is 29.3 Å². The highest BCUT2D eigenvalue weighted by Gasteiger charge is 2.40. The Bertz CT molecular complexity index is 1220. The lowest BCUT2D eigenvalue weighted by Crippen LogP contribution is -2.47. The molecule has 8 heteroatoms. The average molecular weight is 428 g/mol. The summed E-state index contributed by atoms with van der Waals surface area (Å²) in [6.45, 7) is 3.69. The molecular weight excluding hydrogens is 405 g/mol. The van der Waals surface area contributed by atoms with Gasteiger partial charge in [-0.05, 0) is 50.6 Å². The van der Waals surface area contributed by atoms with Crippen molar-refractivity contribution in [1.82, 2.24) is 15.1 Å². The van der Waals surface area contributed by atoms with Crippen LogP contribution in [0.2, 0.25) is 0 Å². The van der Waals surface area contributed by atoms with E-state index in [0.29, 0.717) is 23.4 Å². The molecule has 0 radical (unpaired) electrons. The molecular formula is C22H22FN3O3S. The van der Waals surface area contributed by atoms with Crippen LogP contribution < -0.4 is 5.32 Å². The average Bonchev–Trinajstić information content (AvgIpc) is 3.23. The van der Waals surface area contributed by atoms with Crippen molar-refractivity contribution in [3.05, 3.63) is 71.7 Å². The summed E-state index contributed by atoms with van der Waals surface area (Å²) in [5.41, 5.74) is 2.38. The third-order valence-corrected chi connectivity index (χ3v) is 7.16. The van der Waals surface area contributed by atoms with Crippen molar-refractivity contribution >= 4 is 15.7 Å². The largest absolute Gasteiger partial charge is 0.346 e. The third kappa shape index (κ3) is 4.14. The Labute approximate surface area is 174 Å². The van der Waals surface area contributed by atoms with E-state index in [1.165, 1.54) is 16.8 Å². The van der Waals surface area contributed by atoms with Crippen LogP contribution in [0.5, 0.6) is 0 Å². The Morgan fingerprint density at radius 2 is 1.93 bits per heavy atom. The molecule has 2 heterocycles. The number of sulfone groups is 1. The van der Waals surface area contributed by atoms with Crippen molar-refractivity contribution < 1.29 is 17.6 Å². The molecule has 1 saturated heterocycles. The first-order valence-corrected chi connectivity index (χ1v) is 11.4. The fraction of sp³-hybridized carbons (Fsp3) is 0.273. The van der Waals surface area contributed by atoms with Crippen molar-refractivity contribution in [2.45, 2.75) is 25.8 Å². The minimum Gasteiger partial charge on any atom is -0.346 e. The molecule has 3 aromatic rings. The fourth-order valence-electron chi connectivity index (χ4n) is 3.72. The highest BCUT2D eigenvalue weighted by molar-refractivity contribution is 7.91. The Morgan fingerprint density at radius 1 is 1.20 bits per heavy atom. The first-order valence-electron chi connectivity index (χ1n) is 9.60. The Kier molecular flexibility index (Phi) is 4.97. The summed E-state index contributed by atoms with van der Waals surface area (Å²) in [6, 6.07) is 13.4. The summed E-state index contributed by atoms with van der Waals surface area (Å²) in [5, 5.41) is 7.48. The van der Waals surface area contributed by atoms with E-state index < -0.39 is 15.4 Å². The fourth-order valence-corrected chi connectivity index (χ4v) is 5.82. The first-order chi connectivity index (χ1) is 14.1. The molecule has 1 aliphatic rings. The molecule has 1 fully saturated rings. The molecule has 0 bridgehead atoms. The second-order valence-corrected chi connectivity index (χ2v) is 10.2. The number of hydrogen-bond donors (Lipinski definition) is 1. The highest BCUT2D eigenvalue weighted by atomic mass is 32.2. The summed E-state index contributed by atoms with van der Waals surface area (Å²) in [7, 11) is -3.16. The number of benzene rings is 2.